The molecule has 0 saturated carbocycles. The summed E-state index contributed by atoms with van der Waals surface area (Å²) in [6.07, 6.45) is 3.71. The van der Waals surface area contributed by atoms with E-state index >= 15 is 0 Å². The summed E-state index contributed by atoms with van der Waals surface area (Å²) in [4.78, 5) is 29.2. The normalized spacial score (nSPS) is 24.1. The lowest BCUT2D eigenvalue weighted by atomic mass is 9.67. The number of nitrogens with one attached hydrogen (secondary N) is 1. The molecule has 4 atom stereocenters. The Morgan fingerprint density at radius 2 is 1.71 bits per heavy atom. The van der Waals surface area contributed by atoms with E-state index in [0.717, 1.165) is 11.1 Å². The lowest BCUT2D eigenvalue weighted by Gasteiger charge is -2.35. The second-order valence-corrected chi connectivity index (χ2v) is 9.03. The van der Waals surface area contributed by atoms with Gasteiger partial charge >= 0.3 is 5.97 Å². The Balaban J connectivity index is 1.72. The van der Waals surface area contributed by atoms with Crippen LogP contribution in [0.15, 0.2) is 85.1 Å². The smallest absolute Gasteiger partial charge is 0.329 e. The van der Waals surface area contributed by atoms with Gasteiger partial charge in [0.1, 0.15) is 6.04 Å². The molecule has 35 heavy (non-hydrogen) atoms. The quantitative estimate of drug-likeness (QED) is 0.518. The number of anilines is 1. The summed E-state index contributed by atoms with van der Waals surface area (Å²) in [6.45, 7) is 0. The molecular formula is C28H22ClN3O3. The van der Waals surface area contributed by atoms with Crippen LogP contribution in [0.3, 0.4) is 0 Å². The van der Waals surface area contributed by atoms with E-state index in [1.807, 2.05) is 65.6 Å². The van der Waals surface area contributed by atoms with E-state index in [9.17, 15) is 14.9 Å². The summed E-state index contributed by atoms with van der Waals surface area (Å²) in [6, 6.07) is 24.4. The van der Waals surface area contributed by atoms with Crippen LogP contribution in [0, 0.1) is 16.7 Å². The third-order valence-corrected chi connectivity index (χ3v) is 7.07. The van der Waals surface area contributed by atoms with E-state index in [1.54, 1.807) is 30.5 Å². The average Bonchev–Trinajstić information content (AvgIpc) is 3.22. The molecule has 2 heterocycles. The highest BCUT2D eigenvalue weighted by atomic mass is 35.5. The van der Waals surface area contributed by atoms with Crippen LogP contribution < -0.4 is 5.32 Å². The highest BCUT2D eigenvalue weighted by molar-refractivity contribution is 6.30. The molecule has 7 heteroatoms. The maximum atomic E-state index is 13.9. The number of halogens is 1. The van der Waals surface area contributed by atoms with Gasteiger partial charge in [-0.2, -0.15) is 5.26 Å². The van der Waals surface area contributed by atoms with Crippen LogP contribution in [0.25, 0.3) is 6.08 Å². The van der Waals surface area contributed by atoms with Crippen molar-refractivity contribution in [3.8, 4) is 6.07 Å². The van der Waals surface area contributed by atoms with Gasteiger partial charge in [-0.25, -0.2) is 0 Å². The molecule has 1 N–H and O–H groups in total. The molecule has 174 valence electrons. The number of esters is 1. The molecule has 3 aromatic rings. The second-order valence-electron chi connectivity index (χ2n) is 8.60. The fourth-order valence-corrected chi connectivity index (χ4v) is 5.50. The van der Waals surface area contributed by atoms with Crippen molar-refractivity contribution in [2.45, 2.75) is 18.0 Å². The zero-order valence-electron chi connectivity index (χ0n) is 18.9. The minimum absolute atomic E-state index is 0.337. The molecule has 1 unspecified atom stereocenters. The van der Waals surface area contributed by atoms with Crippen LogP contribution in [0.5, 0.6) is 0 Å². The maximum Gasteiger partial charge on any atom is 0.329 e. The fraction of sp³-hybridized carbons (Fsp3) is 0.179. The monoisotopic (exact) mass is 483 g/mol. The molecule has 1 saturated heterocycles. The zero-order valence-corrected chi connectivity index (χ0v) is 19.6. The highest BCUT2D eigenvalue weighted by Gasteiger charge is 2.67. The van der Waals surface area contributed by atoms with E-state index in [0.29, 0.717) is 16.3 Å². The van der Waals surface area contributed by atoms with Gasteiger partial charge in [-0.1, -0.05) is 66.2 Å². The first-order valence-electron chi connectivity index (χ1n) is 11.2. The van der Waals surface area contributed by atoms with Crippen molar-refractivity contribution in [1.82, 2.24) is 4.90 Å². The van der Waals surface area contributed by atoms with Gasteiger partial charge in [0.05, 0.1) is 19.2 Å². The molecule has 5 rings (SSSR count). The second kappa shape index (κ2) is 8.94. The Morgan fingerprint density at radius 1 is 1.03 bits per heavy atom. The Bertz CT molecular complexity index is 1350. The van der Waals surface area contributed by atoms with Crippen LogP contribution in [-0.4, -0.2) is 29.9 Å². The Hall–Kier alpha value is -4.08. The van der Waals surface area contributed by atoms with Crippen molar-refractivity contribution < 1.29 is 14.3 Å². The summed E-state index contributed by atoms with van der Waals surface area (Å²) < 4.78 is 5.25. The molecule has 0 radical (unpaired) electrons. The number of fused-ring (bicyclic) bond motifs is 3. The first-order chi connectivity index (χ1) is 17.0. The minimum atomic E-state index is -1.67. The summed E-state index contributed by atoms with van der Waals surface area (Å²) in [5.41, 5.74) is 1.29. The molecule has 1 fully saturated rings. The predicted molar refractivity (Wildman–Crippen MR) is 133 cm³/mol. The third-order valence-electron chi connectivity index (χ3n) is 6.82. The lowest BCUT2D eigenvalue weighted by Crippen LogP contribution is -2.42. The largest absolute Gasteiger partial charge is 0.468 e. The van der Waals surface area contributed by atoms with Gasteiger partial charge in [0, 0.05) is 22.8 Å². The van der Waals surface area contributed by atoms with Gasteiger partial charge in [-0.15, -0.1) is 0 Å². The van der Waals surface area contributed by atoms with E-state index in [4.69, 9.17) is 16.3 Å². The van der Waals surface area contributed by atoms with E-state index < -0.39 is 29.4 Å². The van der Waals surface area contributed by atoms with E-state index in [-0.39, 0.29) is 5.91 Å². The van der Waals surface area contributed by atoms with Crippen molar-refractivity contribution in [2.24, 2.45) is 5.41 Å². The van der Waals surface area contributed by atoms with Crippen LogP contribution >= 0.6 is 11.6 Å². The molecule has 0 bridgehead atoms. The predicted octanol–water partition coefficient (Wildman–Crippen LogP) is 5.16. The molecule has 2 aliphatic heterocycles. The number of methoxy groups -OCH3 is 1. The van der Waals surface area contributed by atoms with Crippen molar-refractivity contribution in [2.75, 3.05) is 12.4 Å². The molecule has 0 spiro atoms. The number of carbonyl (C=O) groups excluding carboxylic acids is 2. The molecule has 6 nitrogen and oxygen atoms in total. The number of benzene rings is 3. The zero-order chi connectivity index (χ0) is 24.6. The SMILES string of the molecule is COC(=O)[C@]1(C#N)C2c3ccccc3C=CN2[C@H](C(=O)Nc2ccc(Cl)cc2)[C@H]1c1ccccc1. The molecule has 0 aliphatic carbocycles. The van der Waals surface area contributed by atoms with E-state index in [1.165, 1.54) is 7.11 Å². The Kier molecular flexibility index (Phi) is 5.80. The van der Waals surface area contributed by atoms with Gasteiger partial charge in [0.15, 0.2) is 5.41 Å². The first kappa shape index (κ1) is 22.7. The molecular weight excluding hydrogens is 462 g/mol. The van der Waals surface area contributed by atoms with Crippen LogP contribution in [0.4, 0.5) is 5.69 Å². The number of carbonyl (C=O) groups is 2. The fourth-order valence-electron chi connectivity index (χ4n) is 5.38. The van der Waals surface area contributed by atoms with Gasteiger partial charge in [-0.05, 0) is 47.0 Å². The van der Waals surface area contributed by atoms with Gasteiger partial charge < -0.3 is 15.0 Å². The topological polar surface area (TPSA) is 82.4 Å². The minimum Gasteiger partial charge on any atom is -0.468 e. The van der Waals surface area contributed by atoms with Gasteiger partial charge in [0.25, 0.3) is 0 Å². The Labute approximate surface area is 208 Å². The number of hydrogen-bond acceptors (Lipinski definition) is 5. The van der Waals surface area contributed by atoms with Crippen molar-refractivity contribution >= 4 is 35.2 Å². The first-order valence-corrected chi connectivity index (χ1v) is 11.5. The van der Waals surface area contributed by atoms with Crippen molar-refractivity contribution in [3.05, 3.63) is 107 Å². The number of hydrogen-bond donors (Lipinski definition) is 1. The third kappa shape index (κ3) is 3.56. The van der Waals surface area contributed by atoms with Crippen LogP contribution in [-0.2, 0) is 14.3 Å². The number of nitrogens with zero attached hydrogens (tertiary/aromatic N) is 2. The number of nitriles is 1. The standard InChI is InChI=1S/C28H22ClN3O3/c1-35-27(34)28(17-30)23(19-8-3-2-4-9-19)24(26(33)31-21-13-11-20(29)12-14-21)32-16-15-18-7-5-6-10-22(18)25(28)32/h2-16,23-25H,1H3,(H,31,33)/t23-,24+,25?,28+/m1/s1. The lowest BCUT2D eigenvalue weighted by molar-refractivity contribution is -0.151. The molecule has 2 aliphatic rings. The summed E-state index contributed by atoms with van der Waals surface area (Å²) >= 11 is 6.01. The summed E-state index contributed by atoms with van der Waals surface area (Å²) in [7, 11) is 1.28. The van der Waals surface area contributed by atoms with Crippen LogP contribution in [0.1, 0.15) is 28.7 Å². The van der Waals surface area contributed by atoms with Gasteiger partial charge in [-0.3, -0.25) is 9.59 Å². The highest BCUT2D eigenvalue weighted by Crippen LogP contribution is 2.60. The molecule has 1 amide bonds. The Morgan fingerprint density at radius 3 is 2.40 bits per heavy atom. The molecule has 3 aromatic carbocycles. The summed E-state index contributed by atoms with van der Waals surface area (Å²) in [5, 5.41) is 14.2. The average molecular weight is 484 g/mol. The van der Waals surface area contributed by atoms with E-state index in [2.05, 4.69) is 11.4 Å². The summed E-state index contributed by atoms with van der Waals surface area (Å²) in [5.74, 6) is -1.80. The number of rotatable bonds is 4. The van der Waals surface area contributed by atoms with Gasteiger partial charge in [0.2, 0.25) is 5.91 Å². The van der Waals surface area contributed by atoms with Crippen molar-refractivity contribution in [1.29, 1.82) is 5.26 Å². The molecule has 0 aromatic heterocycles. The number of ether oxygens (including phenoxy) is 1. The number of amides is 1. The van der Waals surface area contributed by atoms with Crippen LogP contribution in [0.2, 0.25) is 5.02 Å². The van der Waals surface area contributed by atoms with Crippen molar-refractivity contribution in [3.63, 3.8) is 0 Å². The maximum absolute atomic E-state index is 13.9.